The smallest absolute Gasteiger partial charge is 0.0721 e. The summed E-state index contributed by atoms with van der Waals surface area (Å²) in [4.78, 5) is 0. The van der Waals surface area contributed by atoms with Crippen molar-refractivity contribution in [2.45, 2.75) is 33.6 Å². The summed E-state index contributed by atoms with van der Waals surface area (Å²) in [6.07, 6.45) is 4.47. The Kier molecular flexibility index (Phi) is 2.04. The maximum atomic E-state index is 8.91. The van der Waals surface area contributed by atoms with Crippen LogP contribution in [0.25, 0.3) is 0 Å². The average molecular weight is 149 g/mol. The van der Waals surface area contributed by atoms with Crippen molar-refractivity contribution < 1.29 is 0 Å². The molecule has 1 heteroatoms. The van der Waals surface area contributed by atoms with Crippen LogP contribution in [-0.4, -0.2) is 0 Å². The maximum Gasteiger partial charge on any atom is 0.0721 e. The molecule has 0 unspecified atom stereocenters. The Morgan fingerprint density at radius 2 is 2.27 bits per heavy atom. The molecule has 0 aromatic heterocycles. The van der Waals surface area contributed by atoms with Crippen molar-refractivity contribution in [2.24, 2.45) is 11.3 Å². The van der Waals surface area contributed by atoms with Crippen LogP contribution in [0.2, 0.25) is 0 Å². The van der Waals surface area contributed by atoms with Crippen molar-refractivity contribution in [3.05, 3.63) is 11.6 Å². The van der Waals surface area contributed by atoms with Gasteiger partial charge < -0.3 is 0 Å². The first-order valence-electron chi connectivity index (χ1n) is 4.14. The van der Waals surface area contributed by atoms with Crippen LogP contribution in [0.1, 0.15) is 33.6 Å². The number of nitriles is 1. The molecule has 0 bridgehead atoms. The molecule has 60 valence electrons. The Balaban J connectivity index is 2.91. The third-order valence-electron chi connectivity index (χ3n) is 2.62. The zero-order chi connectivity index (χ0) is 8.48. The highest BCUT2D eigenvalue weighted by Crippen LogP contribution is 2.39. The minimum Gasteiger partial charge on any atom is -0.198 e. The third kappa shape index (κ3) is 1.45. The van der Waals surface area contributed by atoms with Crippen molar-refractivity contribution in [2.75, 3.05) is 0 Å². The monoisotopic (exact) mass is 149 g/mol. The van der Waals surface area contributed by atoms with Gasteiger partial charge in [-0.3, -0.25) is 0 Å². The van der Waals surface area contributed by atoms with Crippen molar-refractivity contribution in [1.82, 2.24) is 0 Å². The van der Waals surface area contributed by atoms with Crippen LogP contribution in [0.4, 0.5) is 0 Å². The standard InChI is InChI=1S/C10H15N/c1-8-5-4-6-10(2,3)9(8)7-11/h5,9H,4,6H2,1-3H3/t9-/m0/s1. The molecule has 0 saturated carbocycles. The van der Waals surface area contributed by atoms with Crippen molar-refractivity contribution in [1.29, 1.82) is 5.26 Å². The summed E-state index contributed by atoms with van der Waals surface area (Å²) >= 11 is 0. The van der Waals surface area contributed by atoms with Gasteiger partial charge in [-0.15, -0.1) is 0 Å². The van der Waals surface area contributed by atoms with Crippen LogP contribution in [0, 0.1) is 22.7 Å². The number of nitrogens with zero attached hydrogens (tertiary/aromatic N) is 1. The van der Waals surface area contributed by atoms with Gasteiger partial charge in [-0.2, -0.15) is 5.26 Å². The highest BCUT2D eigenvalue weighted by molar-refractivity contribution is 5.19. The van der Waals surface area contributed by atoms with Crippen LogP contribution < -0.4 is 0 Å². The van der Waals surface area contributed by atoms with Gasteiger partial charge in [0.05, 0.1) is 12.0 Å². The Labute approximate surface area is 68.7 Å². The second kappa shape index (κ2) is 2.70. The molecule has 0 radical (unpaired) electrons. The van der Waals surface area contributed by atoms with Gasteiger partial charge in [-0.25, -0.2) is 0 Å². The largest absolute Gasteiger partial charge is 0.198 e. The lowest BCUT2D eigenvalue weighted by Gasteiger charge is -2.33. The molecule has 0 amide bonds. The van der Waals surface area contributed by atoms with Crippen LogP contribution in [0.3, 0.4) is 0 Å². The molecule has 11 heavy (non-hydrogen) atoms. The molecular weight excluding hydrogens is 134 g/mol. The fraction of sp³-hybridized carbons (Fsp3) is 0.700. The van der Waals surface area contributed by atoms with Gasteiger partial charge in [0.2, 0.25) is 0 Å². The molecule has 0 aromatic carbocycles. The maximum absolute atomic E-state index is 8.91. The van der Waals surface area contributed by atoms with Gasteiger partial charge in [-0.05, 0) is 25.2 Å². The number of allylic oxidation sites excluding steroid dienone is 2. The lowest BCUT2D eigenvalue weighted by molar-refractivity contribution is 0.261. The van der Waals surface area contributed by atoms with Gasteiger partial charge in [-0.1, -0.05) is 25.5 Å². The molecule has 0 heterocycles. The highest BCUT2D eigenvalue weighted by atomic mass is 14.4. The molecule has 1 atom stereocenters. The van der Waals surface area contributed by atoms with E-state index in [2.05, 4.69) is 32.9 Å². The molecule has 1 aliphatic carbocycles. The second-order valence-electron chi connectivity index (χ2n) is 4.04. The zero-order valence-electron chi connectivity index (χ0n) is 7.52. The zero-order valence-corrected chi connectivity index (χ0v) is 7.52. The molecule has 1 rings (SSSR count). The van der Waals surface area contributed by atoms with E-state index in [0.29, 0.717) is 0 Å². The third-order valence-corrected chi connectivity index (χ3v) is 2.62. The predicted octanol–water partition coefficient (Wildman–Crippen LogP) is 2.89. The van der Waals surface area contributed by atoms with Gasteiger partial charge in [0.1, 0.15) is 0 Å². The van der Waals surface area contributed by atoms with E-state index < -0.39 is 0 Å². The van der Waals surface area contributed by atoms with E-state index in [4.69, 9.17) is 5.26 Å². The molecule has 0 aliphatic heterocycles. The summed E-state index contributed by atoms with van der Waals surface area (Å²) in [7, 11) is 0. The molecule has 0 fully saturated rings. The predicted molar refractivity (Wildman–Crippen MR) is 45.9 cm³/mol. The molecular formula is C10H15N. The molecule has 1 nitrogen and oxygen atoms in total. The van der Waals surface area contributed by atoms with E-state index in [9.17, 15) is 0 Å². The van der Waals surface area contributed by atoms with E-state index in [1.165, 1.54) is 5.57 Å². The summed E-state index contributed by atoms with van der Waals surface area (Å²) in [5, 5.41) is 8.91. The van der Waals surface area contributed by atoms with Gasteiger partial charge in [0.15, 0.2) is 0 Å². The molecule has 0 aromatic rings. The number of hydrogen-bond donors (Lipinski definition) is 0. The Bertz CT molecular complexity index is 218. The van der Waals surface area contributed by atoms with Crippen LogP contribution >= 0.6 is 0 Å². The molecule has 1 aliphatic rings. The minimum atomic E-state index is 0.135. The van der Waals surface area contributed by atoms with E-state index in [1.54, 1.807) is 0 Å². The van der Waals surface area contributed by atoms with Gasteiger partial charge in [0, 0.05) is 0 Å². The Morgan fingerprint density at radius 3 is 2.64 bits per heavy atom. The summed E-state index contributed by atoms with van der Waals surface area (Å²) < 4.78 is 0. The minimum absolute atomic E-state index is 0.135. The fourth-order valence-electron chi connectivity index (χ4n) is 1.83. The number of rotatable bonds is 0. The Morgan fingerprint density at radius 1 is 1.64 bits per heavy atom. The van der Waals surface area contributed by atoms with Gasteiger partial charge >= 0.3 is 0 Å². The SMILES string of the molecule is CC1=CCCC(C)(C)[C@H]1C#N. The molecule has 0 N–H and O–H groups in total. The second-order valence-corrected chi connectivity index (χ2v) is 4.04. The first kappa shape index (κ1) is 8.33. The van der Waals surface area contributed by atoms with Crippen molar-refractivity contribution >= 4 is 0 Å². The first-order chi connectivity index (χ1) is 5.08. The quantitative estimate of drug-likeness (QED) is 0.486. The normalized spacial score (nSPS) is 28.9. The Hall–Kier alpha value is -0.770. The summed E-state index contributed by atoms with van der Waals surface area (Å²) in [6.45, 7) is 6.42. The van der Waals surface area contributed by atoms with E-state index >= 15 is 0 Å². The summed E-state index contributed by atoms with van der Waals surface area (Å²) in [5.74, 6) is 0.135. The fourth-order valence-corrected chi connectivity index (χ4v) is 1.83. The lowest BCUT2D eigenvalue weighted by atomic mass is 9.69. The topological polar surface area (TPSA) is 23.8 Å². The van der Waals surface area contributed by atoms with Crippen LogP contribution in [-0.2, 0) is 0 Å². The lowest BCUT2D eigenvalue weighted by Crippen LogP contribution is -2.26. The average Bonchev–Trinajstić information content (AvgIpc) is 1.86. The van der Waals surface area contributed by atoms with Crippen LogP contribution in [0.5, 0.6) is 0 Å². The molecule has 0 saturated heterocycles. The van der Waals surface area contributed by atoms with E-state index in [-0.39, 0.29) is 11.3 Å². The van der Waals surface area contributed by atoms with Crippen LogP contribution in [0.15, 0.2) is 11.6 Å². The molecule has 0 spiro atoms. The summed E-state index contributed by atoms with van der Waals surface area (Å²) in [5.41, 5.74) is 1.44. The van der Waals surface area contributed by atoms with E-state index in [1.807, 2.05) is 0 Å². The van der Waals surface area contributed by atoms with Gasteiger partial charge in [0.25, 0.3) is 0 Å². The first-order valence-corrected chi connectivity index (χ1v) is 4.14. The highest BCUT2D eigenvalue weighted by Gasteiger charge is 2.32. The summed E-state index contributed by atoms with van der Waals surface area (Å²) in [6, 6.07) is 2.38. The number of hydrogen-bond acceptors (Lipinski definition) is 1. The van der Waals surface area contributed by atoms with Crippen molar-refractivity contribution in [3.8, 4) is 6.07 Å². The van der Waals surface area contributed by atoms with Crippen molar-refractivity contribution in [3.63, 3.8) is 0 Å². The van der Waals surface area contributed by atoms with E-state index in [0.717, 1.165) is 12.8 Å².